The van der Waals surface area contributed by atoms with Gasteiger partial charge in [-0.2, -0.15) is 0 Å². The van der Waals surface area contributed by atoms with Gasteiger partial charge >= 0.3 is 6.09 Å². The lowest BCUT2D eigenvalue weighted by atomic mass is 9.84. The van der Waals surface area contributed by atoms with Gasteiger partial charge in [-0.1, -0.05) is 30.3 Å². The van der Waals surface area contributed by atoms with Crippen LogP contribution in [-0.4, -0.2) is 28.9 Å². The fourth-order valence-corrected chi connectivity index (χ4v) is 4.44. The van der Waals surface area contributed by atoms with Gasteiger partial charge in [0.25, 0.3) is 0 Å². The van der Waals surface area contributed by atoms with Gasteiger partial charge in [0, 0.05) is 18.0 Å². The molecule has 2 aliphatic heterocycles. The molecule has 4 rings (SSSR count). The lowest BCUT2D eigenvalue weighted by Gasteiger charge is -2.37. The summed E-state index contributed by atoms with van der Waals surface area (Å²) in [6.45, 7) is 0.150. The van der Waals surface area contributed by atoms with Crippen LogP contribution in [-0.2, 0) is 11.3 Å². The monoisotopic (exact) mass is 403 g/mol. The number of ether oxygens (including phenoxy) is 1. The average Bonchev–Trinajstić information content (AvgIpc) is 2.99. The van der Waals surface area contributed by atoms with Crippen LogP contribution in [0.2, 0.25) is 0 Å². The zero-order chi connectivity index (χ0) is 20.5. The summed E-state index contributed by atoms with van der Waals surface area (Å²) in [5.74, 6) is -5.16. The molecule has 2 heterocycles. The highest BCUT2D eigenvalue weighted by Crippen LogP contribution is 2.40. The van der Waals surface area contributed by atoms with Crippen molar-refractivity contribution < 1.29 is 27.5 Å². The van der Waals surface area contributed by atoms with Gasteiger partial charge in [0.15, 0.2) is 17.4 Å². The summed E-state index contributed by atoms with van der Waals surface area (Å²) in [6, 6.07) is 10.3. The van der Waals surface area contributed by atoms with Crippen LogP contribution in [0.25, 0.3) is 0 Å². The van der Waals surface area contributed by atoms with Crippen LogP contribution in [0.3, 0.4) is 0 Å². The maximum Gasteiger partial charge on any atom is 0.410 e. The van der Waals surface area contributed by atoms with E-state index in [1.165, 1.54) is 0 Å². The molecule has 2 unspecified atom stereocenters. The van der Waals surface area contributed by atoms with Crippen molar-refractivity contribution >= 4 is 11.9 Å². The molecule has 0 aromatic heterocycles. The summed E-state index contributed by atoms with van der Waals surface area (Å²) in [4.78, 5) is 26.9. The molecule has 0 N–H and O–H groups in total. The van der Waals surface area contributed by atoms with E-state index in [4.69, 9.17) is 4.74 Å². The largest absolute Gasteiger partial charge is 0.445 e. The van der Waals surface area contributed by atoms with Gasteiger partial charge < -0.3 is 9.64 Å². The summed E-state index contributed by atoms with van der Waals surface area (Å²) >= 11 is 0. The number of hydrogen-bond acceptors (Lipinski definition) is 3. The third-order valence-corrected chi connectivity index (χ3v) is 5.81. The molecule has 2 fully saturated rings. The second-order valence-corrected chi connectivity index (χ2v) is 7.58. The van der Waals surface area contributed by atoms with Gasteiger partial charge in [-0.25, -0.2) is 18.0 Å². The molecule has 0 saturated carbocycles. The van der Waals surface area contributed by atoms with Crippen LogP contribution in [0.1, 0.15) is 41.6 Å². The number of Topliss-reactive ketones (excluding diaryl/α,β-unsaturated/α-hetero) is 1. The molecule has 152 valence electrons. The predicted molar refractivity (Wildman–Crippen MR) is 98.6 cm³/mol. The Hall–Kier alpha value is -2.83. The first kappa shape index (κ1) is 19.5. The number of amides is 1. The minimum absolute atomic E-state index is 0.150. The normalized spacial score (nSPS) is 23.1. The number of carbonyl (C=O) groups excluding carboxylic acids is 2. The summed E-state index contributed by atoms with van der Waals surface area (Å²) in [5, 5.41) is 0. The van der Waals surface area contributed by atoms with Crippen molar-refractivity contribution in [2.45, 2.75) is 44.4 Å². The first-order valence-corrected chi connectivity index (χ1v) is 9.62. The lowest BCUT2D eigenvalue weighted by Crippen LogP contribution is -2.48. The maximum atomic E-state index is 14.0. The highest BCUT2D eigenvalue weighted by molar-refractivity contribution is 5.98. The number of benzene rings is 2. The molecule has 7 heteroatoms. The van der Waals surface area contributed by atoms with E-state index in [1.54, 1.807) is 4.90 Å². The Kier molecular flexibility index (Phi) is 5.30. The van der Waals surface area contributed by atoms with Crippen LogP contribution in [0.5, 0.6) is 0 Å². The molecular weight excluding hydrogens is 383 g/mol. The predicted octanol–water partition coefficient (Wildman–Crippen LogP) is 4.87. The van der Waals surface area contributed by atoms with Crippen molar-refractivity contribution in [2.24, 2.45) is 5.92 Å². The number of halogens is 3. The maximum absolute atomic E-state index is 14.0. The number of fused-ring (bicyclic) bond motifs is 2. The van der Waals surface area contributed by atoms with Gasteiger partial charge in [0.05, 0.1) is 5.56 Å². The van der Waals surface area contributed by atoms with E-state index in [0.29, 0.717) is 18.9 Å². The van der Waals surface area contributed by atoms with E-state index < -0.39 is 40.8 Å². The van der Waals surface area contributed by atoms with E-state index in [9.17, 15) is 22.8 Å². The van der Waals surface area contributed by atoms with Gasteiger partial charge in [0.2, 0.25) is 0 Å². The molecular formula is C22H20F3NO3. The number of hydrogen-bond donors (Lipinski definition) is 0. The zero-order valence-corrected chi connectivity index (χ0v) is 15.6. The fourth-order valence-electron chi connectivity index (χ4n) is 4.44. The number of rotatable bonds is 4. The Balaban J connectivity index is 1.44. The topological polar surface area (TPSA) is 46.6 Å². The van der Waals surface area contributed by atoms with E-state index in [2.05, 4.69) is 0 Å². The van der Waals surface area contributed by atoms with Gasteiger partial charge in [-0.05, 0) is 43.4 Å². The number of piperidine rings is 1. The smallest absolute Gasteiger partial charge is 0.410 e. The summed E-state index contributed by atoms with van der Waals surface area (Å²) in [6.07, 6.45) is 1.51. The number of nitrogens with zero attached hydrogens (tertiary/aromatic N) is 1. The summed E-state index contributed by atoms with van der Waals surface area (Å²) in [7, 11) is 0. The van der Waals surface area contributed by atoms with Crippen LogP contribution in [0.15, 0.2) is 42.5 Å². The molecule has 2 aromatic carbocycles. The molecule has 0 aliphatic carbocycles. The second kappa shape index (κ2) is 7.89. The molecule has 1 amide bonds. The molecule has 4 nitrogen and oxygen atoms in total. The van der Waals surface area contributed by atoms with Crippen molar-refractivity contribution in [3.8, 4) is 0 Å². The quantitative estimate of drug-likeness (QED) is 0.541. The first-order valence-electron chi connectivity index (χ1n) is 9.62. The molecule has 2 aliphatic rings. The van der Waals surface area contributed by atoms with Crippen molar-refractivity contribution in [2.75, 3.05) is 0 Å². The molecule has 0 radical (unpaired) electrons. The van der Waals surface area contributed by atoms with Crippen LogP contribution < -0.4 is 0 Å². The molecule has 2 aromatic rings. The van der Waals surface area contributed by atoms with Gasteiger partial charge in [-0.15, -0.1) is 0 Å². The zero-order valence-electron chi connectivity index (χ0n) is 15.6. The van der Waals surface area contributed by atoms with Gasteiger partial charge in [0.1, 0.15) is 12.4 Å². The molecule has 0 spiro atoms. The van der Waals surface area contributed by atoms with E-state index in [1.807, 2.05) is 30.3 Å². The SMILES string of the molecule is O=C(c1c(F)ccc(F)c1F)C1CC2CCC(C1)N2C(=O)OCc1ccccc1. The third kappa shape index (κ3) is 3.73. The Bertz CT molecular complexity index is 920. The Morgan fingerprint density at radius 3 is 2.21 bits per heavy atom. The van der Waals surface area contributed by atoms with E-state index >= 15 is 0 Å². The highest BCUT2D eigenvalue weighted by atomic mass is 19.2. The van der Waals surface area contributed by atoms with Crippen molar-refractivity contribution in [1.29, 1.82) is 0 Å². The Morgan fingerprint density at radius 2 is 1.55 bits per heavy atom. The average molecular weight is 403 g/mol. The molecule has 29 heavy (non-hydrogen) atoms. The third-order valence-electron chi connectivity index (χ3n) is 5.81. The number of carbonyl (C=O) groups is 2. The fraction of sp³-hybridized carbons (Fsp3) is 0.364. The van der Waals surface area contributed by atoms with Crippen LogP contribution in [0, 0.1) is 23.4 Å². The Labute approximate surface area is 166 Å². The van der Waals surface area contributed by atoms with Crippen molar-refractivity contribution in [3.05, 3.63) is 71.0 Å². The minimum Gasteiger partial charge on any atom is -0.445 e. The van der Waals surface area contributed by atoms with Crippen LogP contribution in [0.4, 0.5) is 18.0 Å². The molecule has 2 bridgehead atoms. The lowest BCUT2D eigenvalue weighted by molar-refractivity contribution is 0.0481. The Morgan fingerprint density at radius 1 is 0.931 bits per heavy atom. The van der Waals surface area contributed by atoms with Gasteiger partial charge in [-0.3, -0.25) is 4.79 Å². The van der Waals surface area contributed by atoms with E-state index in [0.717, 1.165) is 11.6 Å². The summed E-state index contributed by atoms with van der Waals surface area (Å²) < 4.78 is 46.9. The minimum atomic E-state index is -1.45. The molecule has 2 atom stereocenters. The molecule has 2 saturated heterocycles. The summed E-state index contributed by atoms with van der Waals surface area (Å²) in [5.41, 5.74) is 0.0461. The first-order chi connectivity index (χ1) is 14.0. The van der Waals surface area contributed by atoms with E-state index in [-0.39, 0.29) is 31.5 Å². The second-order valence-electron chi connectivity index (χ2n) is 7.58. The van der Waals surface area contributed by atoms with Crippen LogP contribution >= 0.6 is 0 Å². The number of ketones is 1. The van der Waals surface area contributed by atoms with Crippen molar-refractivity contribution in [1.82, 2.24) is 4.90 Å². The standard InChI is InChI=1S/C22H20F3NO3/c23-17-8-9-18(24)20(25)19(17)21(27)14-10-15-6-7-16(11-14)26(15)22(28)29-12-13-4-2-1-3-5-13/h1-5,8-9,14-16H,6-7,10-12H2. The highest BCUT2D eigenvalue weighted by Gasteiger charge is 2.46. The van der Waals surface area contributed by atoms with Crippen molar-refractivity contribution in [3.63, 3.8) is 0 Å².